The summed E-state index contributed by atoms with van der Waals surface area (Å²) in [4.78, 5) is 10.1. The van der Waals surface area contributed by atoms with Gasteiger partial charge in [-0.05, 0) is 24.5 Å². The lowest BCUT2D eigenvalue weighted by molar-refractivity contribution is -0.385. The average molecular weight is 208 g/mol. The van der Waals surface area contributed by atoms with Crippen LogP contribution in [-0.2, 0) is 6.42 Å². The van der Waals surface area contributed by atoms with Crippen LogP contribution in [0.15, 0.2) is 18.2 Å². The second kappa shape index (κ2) is 3.86. The van der Waals surface area contributed by atoms with Crippen LogP contribution in [0.5, 0.6) is 5.75 Å². The SMILES string of the molecule is NCC1CCc2ccc([N+](=O)[O-])cc2O1. The lowest BCUT2D eigenvalue weighted by Gasteiger charge is -2.24. The van der Waals surface area contributed by atoms with Crippen molar-refractivity contribution in [3.8, 4) is 5.75 Å². The van der Waals surface area contributed by atoms with E-state index in [1.807, 2.05) is 0 Å². The third kappa shape index (κ3) is 1.92. The molecule has 0 radical (unpaired) electrons. The summed E-state index contributed by atoms with van der Waals surface area (Å²) in [5.74, 6) is 0.603. The molecule has 1 heterocycles. The van der Waals surface area contributed by atoms with E-state index in [-0.39, 0.29) is 11.8 Å². The predicted octanol–water partition coefficient (Wildman–Crippen LogP) is 1.25. The molecule has 0 fully saturated rings. The highest BCUT2D eigenvalue weighted by molar-refractivity contribution is 5.45. The molecule has 5 nitrogen and oxygen atoms in total. The molecule has 80 valence electrons. The third-order valence-corrected chi connectivity index (χ3v) is 2.55. The summed E-state index contributed by atoms with van der Waals surface area (Å²) >= 11 is 0. The highest BCUT2D eigenvalue weighted by atomic mass is 16.6. The van der Waals surface area contributed by atoms with Gasteiger partial charge < -0.3 is 10.5 Å². The molecule has 0 spiro atoms. The molecule has 1 unspecified atom stereocenters. The molecule has 0 amide bonds. The molecule has 1 aromatic rings. The van der Waals surface area contributed by atoms with Crippen molar-refractivity contribution < 1.29 is 9.66 Å². The van der Waals surface area contributed by atoms with Crippen molar-refractivity contribution in [3.05, 3.63) is 33.9 Å². The van der Waals surface area contributed by atoms with Crippen LogP contribution in [0.1, 0.15) is 12.0 Å². The van der Waals surface area contributed by atoms with Crippen molar-refractivity contribution in [2.75, 3.05) is 6.54 Å². The summed E-state index contributed by atoms with van der Waals surface area (Å²) in [6.07, 6.45) is 1.73. The van der Waals surface area contributed by atoms with Gasteiger partial charge >= 0.3 is 0 Å². The number of hydrogen-bond acceptors (Lipinski definition) is 4. The van der Waals surface area contributed by atoms with Gasteiger partial charge in [0.1, 0.15) is 11.9 Å². The van der Waals surface area contributed by atoms with Crippen LogP contribution in [-0.4, -0.2) is 17.6 Å². The van der Waals surface area contributed by atoms with E-state index in [9.17, 15) is 10.1 Å². The maximum atomic E-state index is 10.6. The standard InChI is InChI=1S/C10H12N2O3/c11-6-9-4-2-7-1-3-8(12(13)14)5-10(7)15-9/h1,3,5,9H,2,4,6,11H2. The minimum Gasteiger partial charge on any atom is -0.489 e. The first-order valence-corrected chi connectivity index (χ1v) is 4.84. The summed E-state index contributed by atoms with van der Waals surface area (Å²) in [5.41, 5.74) is 6.58. The molecule has 15 heavy (non-hydrogen) atoms. The number of nitrogens with zero attached hydrogens (tertiary/aromatic N) is 1. The Bertz CT molecular complexity index is 392. The smallest absolute Gasteiger partial charge is 0.273 e. The molecule has 5 heteroatoms. The molecule has 1 aliphatic heterocycles. The van der Waals surface area contributed by atoms with Gasteiger partial charge in [-0.25, -0.2) is 0 Å². The molecule has 1 atom stereocenters. The second-order valence-electron chi connectivity index (χ2n) is 3.56. The Kier molecular flexibility index (Phi) is 2.55. The molecule has 0 saturated carbocycles. The van der Waals surface area contributed by atoms with Crippen molar-refractivity contribution in [3.63, 3.8) is 0 Å². The molecule has 0 aliphatic carbocycles. The van der Waals surface area contributed by atoms with Crippen LogP contribution < -0.4 is 10.5 Å². The molecule has 0 saturated heterocycles. The predicted molar refractivity (Wildman–Crippen MR) is 54.9 cm³/mol. The van der Waals surface area contributed by atoms with Crippen molar-refractivity contribution in [1.29, 1.82) is 0 Å². The van der Waals surface area contributed by atoms with E-state index < -0.39 is 4.92 Å². The van der Waals surface area contributed by atoms with Crippen LogP contribution in [0, 0.1) is 10.1 Å². The third-order valence-electron chi connectivity index (χ3n) is 2.55. The number of non-ortho nitro benzene ring substituents is 1. The first kappa shape index (κ1) is 9.92. The average Bonchev–Trinajstić information content (AvgIpc) is 2.27. The number of nitro benzene ring substituents is 1. The van der Waals surface area contributed by atoms with E-state index in [0.717, 1.165) is 18.4 Å². The molecule has 2 rings (SSSR count). The Morgan fingerprint density at radius 1 is 1.60 bits per heavy atom. The van der Waals surface area contributed by atoms with Crippen LogP contribution >= 0.6 is 0 Å². The van der Waals surface area contributed by atoms with E-state index in [1.54, 1.807) is 6.07 Å². The van der Waals surface area contributed by atoms with Crippen LogP contribution in [0.4, 0.5) is 5.69 Å². The summed E-state index contributed by atoms with van der Waals surface area (Å²) < 4.78 is 5.54. The van der Waals surface area contributed by atoms with E-state index in [4.69, 9.17) is 10.5 Å². The van der Waals surface area contributed by atoms with Crippen molar-refractivity contribution in [1.82, 2.24) is 0 Å². The summed E-state index contributed by atoms with van der Waals surface area (Å²) in [6, 6.07) is 4.72. The molecular formula is C10H12N2O3. The fourth-order valence-electron chi connectivity index (χ4n) is 1.69. The number of aryl methyl sites for hydroxylation is 1. The molecule has 0 aromatic heterocycles. The molecular weight excluding hydrogens is 196 g/mol. The van der Waals surface area contributed by atoms with Gasteiger partial charge in [0, 0.05) is 12.6 Å². The number of hydrogen-bond donors (Lipinski definition) is 1. The van der Waals surface area contributed by atoms with Crippen molar-refractivity contribution >= 4 is 5.69 Å². The minimum atomic E-state index is -0.421. The second-order valence-corrected chi connectivity index (χ2v) is 3.56. The van der Waals surface area contributed by atoms with Gasteiger partial charge in [0.2, 0.25) is 0 Å². The van der Waals surface area contributed by atoms with E-state index in [2.05, 4.69) is 0 Å². The quantitative estimate of drug-likeness (QED) is 0.586. The largest absolute Gasteiger partial charge is 0.489 e. The van der Waals surface area contributed by atoms with Crippen LogP contribution in [0.25, 0.3) is 0 Å². The summed E-state index contributed by atoms with van der Waals surface area (Å²) in [6.45, 7) is 0.447. The van der Waals surface area contributed by atoms with Crippen molar-refractivity contribution in [2.45, 2.75) is 18.9 Å². The highest BCUT2D eigenvalue weighted by Gasteiger charge is 2.20. The van der Waals surface area contributed by atoms with Gasteiger partial charge in [-0.3, -0.25) is 10.1 Å². The van der Waals surface area contributed by atoms with Gasteiger partial charge in [-0.1, -0.05) is 0 Å². The zero-order valence-electron chi connectivity index (χ0n) is 8.18. The monoisotopic (exact) mass is 208 g/mol. The fraction of sp³-hybridized carbons (Fsp3) is 0.400. The highest BCUT2D eigenvalue weighted by Crippen LogP contribution is 2.30. The summed E-state index contributed by atoms with van der Waals surface area (Å²) in [7, 11) is 0. The van der Waals surface area contributed by atoms with E-state index in [1.165, 1.54) is 12.1 Å². The Hall–Kier alpha value is -1.62. The van der Waals surface area contributed by atoms with E-state index >= 15 is 0 Å². The number of rotatable bonds is 2. The normalized spacial score (nSPS) is 19.1. The Morgan fingerprint density at radius 2 is 2.40 bits per heavy atom. The maximum Gasteiger partial charge on any atom is 0.273 e. The number of nitrogens with two attached hydrogens (primary N) is 1. The zero-order chi connectivity index (χ0) is 10.8. The lowest BCUT2D eigenvalue weighted by Crippen LogP contribution is -2.30. The van der Waals surface area contributed by atoms with Gasteiger partial charge in [0.15, 0.2) is 0 Å². The number of ether oxygens (including phenoxy) is 1. The molecule has 1 aliphatic rings. The topological polar surface area (TPSA) is 78.4 Å². The molecule has 0 bridgehead atoms. The zero-order valence-corrected chi connectivity index (χ0v) is 8.18. The maximum absolute atomic E-state index is 10.6. The number of fused-ring (bicyclic) bond motifs is 1. The Balaban J connectivity index is 2.30. The summed E-state index contributed by atoms with van der Waals surface area (Å²) in [5, 5.41) is 10.6. The first-order valence-electron chi connectivity index (χ1n) is 4.84. The first-order chi connectivity index (χ1) is 7.20. The molecule has 2 N–H and O–H groups in total. The fourth-order valence-corrected chi connectivity index (χ4v) is 1.69. The van der Waals surface area contributed by atoms with Gasteiger partial charge in [-0.2, -0.15) is 0 Å². The molecule has 1 aromatic carbocycles. The number of nitro groups is 1. The number of benzene rings is 1. The minimum absolute atomic E-state index is 0.0143. The van der Waals surface area contributed by atoms with Gasteiger partial charge in [-0.15, -0.1) is 0 Å². The van der Waals surface area contributed by atoms with Crippen molar-refractivity contribution in [2.24, 2.45) is 5.73 Å². The van der Waals surface area contributed by atoms with E-state index in [0.29, 0.717) is 12.3 Å². The Labute approximate surface area is 87.0 Å². The van der Waals surface area contributed by atoms with Gasteiger partial charge in [0.05, 0.1) is 11.0 Å². The van der Waals surface area contributed by atoms with Gasteiger partial charge in [0.25, 0.3) is 5.69 Å². The lowest BCUT2D eigenvalue weighted by atomic mass is 10.0. The Morgan fingerprint density at radius 3 is 3.07 bits per heavy atom. The van der Waals surface area contributed by atoms with Crippen LogP contribution in [0.2, 0.25) is 0 Å². The van der Waals surface area contributed by atoms with Crippen LogP contribution in [0.3, 0.4) is 0 Å².